The van der Waals surface area contributed by atoms with Crippen LogP contribution in [0.3, 0.4) is 0 Å². The van der Waals surface area contributed by atoms with E-state index in [9.17, 15) is 0 Å². The lowest BCUT2D eigenvalue weighted by atomic mass is 10.2. The monoisotopic (exact) mass is 313 g/mol. The zero-order valence-corrected chi connectivity index (χ0v) is 12.7. The molecular weight excluding hydrogens is 298 g/mol. The van der Waals surface area contributed by atoms with Crippen LogP contribution in [0, 0.1) is 13.8 Å². The van der Waals surface area contributed by atoms with Gasteiger partial charge in [0.1, 0.15) is 0 Å². The minimum Gasteiger partial charge on any atom is -0.308 e. The number of hydrogen-bond acceptors (Lipinski definition) is 3. The molecule has 2 aromatic rings. The predicted octanol–water partition coefficient (Wildman–Crippen LogP) is 3.15. The fourth-order valence-corrected chi connectivity index (χ4v) is 3.32. The summed E-state index contributed by atoms with van der Waals surface area (Å²) in [6, 6.07) is 2.18. The Bertz CT molecular complexity index is 496. The van der Waals surface area contributed by atoms with Gasteiger partial charge in [-0.05, 0) is 35.8 Å². The second kappa shape index (κ2) is 5.33. The van der Waals surface area contributed by atoms with Gasteiger partial charge in [-0.3, -0.25) is 4.68 Å². The van der Waals surface area contributed by atoms with Crippen molar-refractivity contribution in [2.75, 3.05) is 0 Å². The summed E-state index contributed by atoms with van der Waals surface area (Å²) >= 11 is 5.37. The predicted molar refractivity (Wildman–Crippen MR) is 75.2 cm³/mol. The molecule has 5 heteroatoms. The van der Waals surface area contributed by atoms with Crippen molar-refractivity contribution in [3.05, 3.63) is 37.7 Å². The average molecular weight is 314 g/mol. The smallest absolute Gasteiger partial charge is 0.0638 e. The van der Waals surface area contributed by atoms with Crippen molar-refractivity contribution < 1.29 is 0 Å². The van der Waals surface area contributed by atoms with Crippen molar-refractivity contribution in [3.63, 3.8) is 0 Å². The Morgan fingerprint density at radius 2 is 2.18 bits per heavy atom. The Morgan fingerprint density at radius 1 is 1.41 bits per heavy atom. The number of hydrogen-bond donors (Lipinski definition) is 1. The van der Waals surface area contributed by atoms with E-state index in [2.05, 4.69) is 45.5 Å². The molecule has 0 bridgehead atoms. The summed E-state index contributed by atoms with van der Waals surface area (Å²) in [4.78, 5) is 2.69. The first kappa shape index (κ1) is 12.8. The van der Waals surface area contributed by atoms with Gasteiger partial charge in [0.15, 0.2) is 0 Å². The fraction of sp³-hybridized carbons (Fsp3) is 0.417. The van der Waals surface area contributed by atoms with Crippen molar-refractivity contribution in [3.8, 4) is 0 Å². The summed E-state index contributed by atoms with van der Waals surface area (Å²) in [5.74, 6) is 0. The first-order valence-corrected chi connectivity index (χ1v) is 7.12. The van der Waals surface area contributed by atoms with Crippen LogP contribution in [0.25, 0.3) is 0 Å². The van der Waals surface area contributed by atoms with Crippen LogP contribution < -0.4 is 5.32 Å². The van der Waals surface area contributed by atoms with Crippen LogP contribution in [0.15, 0.2) is 16.7 Å². The van der Waals surface area contributed by atoms with E-state index < -0.39 is 0 Å². The van der Waals surface area contributed by atoms with Crippen molar-refractivity contribution in [1.29, 1.82) is 0 Å². The molecule has 0 aromatic carbocycles. The van der Waals surface area contributed by atoms with E-state index in [1.807, 2.05) is 30.0 Å². The van der Waals surface area contributed by atoms with Crippen molar-refractivity contribution in [1.82, 2.24) is 15.1 Å². The Morgan fingerprint density at radius 3 is 2.71 bits per heavy atom. The van der Waals surface area contributed by atoms with E-state index in [1.165, 1.54) is 19.8 Å². The molecule has 0 radical (unpaired) electrons. The summed E-state index contributed by atoms with van der Waals surface area (Å²) in [7, 11) is 1.95. The lowest BCUT2D eigenvalue weighted by Gasteiger charge is -2.01. The van der Waals surface area contributed by atoms with Gasteiger partial charge in [0.25, 0.3) is 0 Å². The second-order valence-corrected chi connectivity index (χ2v) is 6.33. The van der Waals surface area contributed by atoms with Crippen molar-refractivity contribution >= 4 is 27.3 Å². The maximum Gasteiger partial charge on any atom is 0.0638 e. The molecule has 0 spiro atoms. The number of rotatable bonds is 4. The molecule has 0 aliphatic heterocycles. The Labute approximate surface area is 114 Å². The van der Waals surface area contributed by atoms with Gasteiger partial charge in [-0.15, -0.1) is 11.3 Å². The highest BCUT2D eigenvalue weighted by molar-refractivity contribution is 9.10. The molecular formula is C12H16BrN3S. The molecule has 2 rings (SSSR count). The van der Waals surface area contributed by atoms with Gasteiger partial charge in [-0.1, -0.05) is 0 Å². The normalized spacial score (nSPS) is 11.1. The van der Waals surface area contributed by atoms with Crippen LogP contribution in [-0.2, 0) is 20.1 Å². The molecule has 0 atom stereocenters. The number of nitrogens with zero attached hydrogens (tertiary/aromatic N) is 2. The molecule has 17 heavy (non-hydrogen) atoms. The minimum absolute atomic E-state index is 0.869. The third kappa shape index (κ3) is 3.18. The lowest BCUT2D eigenvalue weighted by molar-refractivity contribution is 0.697. The molecule has 0 aliphatic rings. The summed E-state index contributed by atoms with van der Waals surface area (Å²) in [5, 5.41) is 7.78. The lowest BCUT2D eigenvalue weighted by Crippen LogP contribution is -2.11. The van der Waals surface area contributed by atoms with E-state index >= 15 is 0 Å². The highest BCUT2D eigenvalue weighted by atomic mass is 79.9. The fourth-order valence-electron chi connectivity index (χ4n) is 1.75. The molecule has 92 valence electrons. The van der Waals surface area contributed by atoms with Crippen LogP contribution >= 0.6 is 27.3 Å². The molecule has 3 nitrogen and oxygen atoms in total. The molecule has 0 aliphatic carbocycles. The number of aromatic nitrogens is 2. The third-order valence-electron chi connectivity index (χ3n) is 2.64. The van der Waals surface area contributed by atoms with Crippen molar-refractivity contribution in [2.45, 2.75) is 26.9 Å². The maximum atomic E-state index is 4.33. The Balaban J connectivity index is 1.89. The number of thiophene rings is 1. The number of aryl methyl sites for hydroxylation is 3. The first-order valence-electron chi connectivity index (χ1n) is 5.51. The average Bonchev–Trinajstić information content (AvgIpc) is 2.72. The van der Waals surface area contributed by atoms with E-state index in [0.717, 1.165) is 18.8 Å². The second-order valence-electron chi connectivity index (χ2n) is 4.13. The molecule has 2 aromatic heterocycles. The highest BCUT2D eigenvalue weighted by Crippen LogP contribution is 2.26. The largest absolute Gasteiger partial charge is 0.308 e. The zero-order valence-electron chi connectivity index (χ0n) is 10.2. The molecule has 0 saturated heterocycles. The van der Waals surface area contributed by atoms with Crippen LogP contribution in [0.1, 0.15) is 21.0 Å². The van der Waals surface area contributed by atoms with Crippen LogP contribution in [0.2, 0.25) is 0 Å². The van der Waals surface area contributed by atoms with Crippen molar-refractivity contribution in [2.24, 2.45) is 7.05 Å². The van der Waals surface area contributed by atoms with Crippen LogP contribution in [0.5, 0.6) is 0 Å². The quantitative estimate of drug-likeness (QED) is 0.939. The third-order valence-corrected chi connectivity index (χ3v) is 4.77. The number of nitrogens with one attached hydrogen (secondary N) is 1. The van der Waals surface area contributed by atoms with Crippen LogP contribution in [-0.4, -0.2) is 9.78 Å². The first-order chi connectivity index (χ1) is 8.06. The van der Waals surface area contributed by atoms with Gasteiger partial charge in [0.05, 0.1) is 5.69 Å². The molecule has 0 saturated carbocycles. The minimum atomic E-state index is 0.869. The summed E-state index contributed by atoms with van der Waals surface area (Å²) in [6.07, 6.45) is 2.07. The van der Waals surface area contributed by atoms with E-state index in [4.69, 9.17) is 0 Å². The SMILES string of the molecule is Cc1nn(C)cc1CNCc1cc(Br)c(C)s1. The maximum absolute atomic E-state index is 4.33. The van der Waals surface area contributed by atoms with E-state index in [0.29, 0.717) is 0 Å². The highest BCUT2D eigenvalue weighted by Gasteiger charge is 2.04. The standard InChI is InChI=1S/C12H16BrN3S/c1-8-10(7-16(3)15-8)5-14-6-11-4-12(13)9(2)17-11/h4,7,14H,5-6H2,1-3H3. The molecule has 0 amide bonds. The summed E-state index contributed by atoms with van der Waals surface area (Å²) < 4.78 is 3.06. The van der Waals surface area contributed by atoms with Crippen LogP contribution in [0.4, 0.5) is 0 Å². The molecule has 2 heterocycles. The van der Waals surface area contributed by atoms with Gasteiger partial charge in [-0.2, -0.15) is 5.10 Å². The zero-order chi connectivity index (χ0) is 12.4. The van der Waals surface area contributed by atoms with Gasteiger partial charge < -0.3 is 5.32 Å². The number of halogens is 1. The van der Waals surface area contributed by atoms with Gasteiger partial charge >= 0.3 is 0 Å². The van der Waals surface area contributed by atoms with Gasteiger partial charge in [0.2, 0.25) is 0 Å². The van der Waals surface area contributed by atoms with E-state index in [1.54, 1.807) is 0 Å². The Hall–Kier alpha value is -0.650. The molecule has 0 fully saturated rings. The van der Waals surface area contributed by atoms with Gasteiger partial charge in [0, 0.05) is 46.1 Å². The summed E-state index contributed by atoms with van der Waals surface area (Å²) in [6.45, 7) is 5.95. The van der Waals surface area contributed by atoms with Gasteiger partial charge in [-0.25, -0.2) is 0 Å². The Kier molecular flexibility index (Phi) is 4.01. The molecule has 0 unspecified atom stereocenters. The van der Waals surface area contributed by atoms with E-state index in [-0.39, 0.29) is 0 Å². The summed E-state index contributed by atoms with van der Waals surface area (Å²) in [5.41, 5.74) is 2.36. The molecule has 1 N–H and O–H groups in total. The topological polar surface area (TPSA) is 29.9 Å².